The quantitative estimate of drug-likeness (QED) is 0.373. The van der Waals surface area contributed by atoms with Gasteiger partial charge >= 0.3 is 0 Å². The van der Waals surface area contributed by atoms with Crippen molar-refractivity contribution in [2.24, 2.45) is 0 Å². The molecule has 0 saturated heterocycles. The molecule has 0 atom stereocenters. The SMILES string of the molecule is O=C(CSc1cn(Cc2cccc(F)c2)c2ccccc12)Nc1ccc(Cl)cc1. The zero-order chi connectivity index (χ0) is 20.2. The molecule has 6 heteroatoms. The van der Waals surface area contributed by atoms with Crippen molar-refractivity contribution in [3.05, 3.63) is 95.4 Å². The molecule has 0 spiro atoms. The average molecular weight is 425 g/mol. The van der Waals surface area contributed by atoms with Crippen LogP contribution in [0.25, 0.3) is 10.9 Å². The van der Waals surface area contributed by atoms with Crippen LogP contribution in [0.1, 0.15) is 5.56 Å². The standard InChI is InChI=1S/C23H18ClFN2OS/c24-17-8-10-19(11-9-17)26-23(28)15-29-22-14-27(21-7-2-1-6-20(21)22)13-16-4-3-5-18(25)12-16/h1-12,14H,13,15H2,(H,26,28). The number of halogens is 2. The molecule has 0 aliphatic carbocycles. The summed E-state index contributed by atoms with van der Waals surface area (Å²) in [5, 5.41) is 4.58. The molecule has 4 rings (SSSR count). The number of carbonyl (C=O) groups excluding carboxylic acids is 1. The van der Waals surface area contributed by atoms with Gasteiger partial charge in [0.05, 0.1) is 5.75 Å². The van der Waals surface area contributed by atoms with Gasteiger partial charge in [0.2, 0.25) is 5.91 Å². The number of anilines is 1. The molecular formula is C23H18ClFN2OS. The Morgan fingerprint density at radius 2 is 1.83 bits per heavy atom. The van der Waals surface area contributed by atoms with E-state index in [-0.39, 0.29) is 17.5 Å². The van der Waals surface area contributed by atoms with Gasteiger partial charge in [-0.25, -0.2) is 4.39 Å². The normalized spacial score (nSPS) is 11.0. The Balaban J connectivity index is 1.50. The van der Waals surface area contributed by atoms with E-state index in [1.54, 1.807) is 36.4 Å². The van der Waals surface area contributed by atoms with E-state index in [9.17, 15) is 9.18 Å². The van der Waals surface area contributed by atoms with Gasteiger partial charge in [-0.05, 0) is 48.0 Å². The van der Waals surface area contributed by atoms with Gasteiger partial charge < -0.3 is 9.88 Å². The highest BCUT2D eigenvalue weighted by Crippen LogP contribution is 2.30. The Hall–Kier alpha value is -2.76. The highest BCUT2D eigenvalue weighted by atomic mass is 35.5. The van der Waals surface area contributed by atoms with Gasteiger partial charge in [-0.2, -0.15) is 0 Å². The molecule has 29 heavy (non-hydrogen) atoms. The van der Waals surface area contributed by atoms with E-state index in [4.69, 9.17) is 11.6 Å². The molecule has 0 bridgehead atoms. The fourth-order valence-corrected chi connectivity index (χ4v) is 4.18. The van der Waals surface area contributed by atoms with Crippen LogP contribution in [0.15, 0.2) is 83.9 Å². The number of carbonyl (C=O) groups is 1. The molecule has 4 aromatic rings. The molecule has 0 radical (unpaired) electrons. The lowest BCUT2D eigenvalue weighted by molar-refractivity contribution is -0.113. The fraction of sp³-hybridized carbons (Fsp3) is 0.0870. The third kappa shape index (κ3) is 4.81. The number of benzene rings is 3. The Morgan fingerprint density at radius 3 is 2.62 bits per heavy atom. The highest BCUT2D eigenvalue weighted by molar-refractivity contribution is 8.00. The van der Waals surface area contributed by atoms with Crippen LogP contribution in [0.2, 0.25) is 5.02 Å². The van der Waals surface area contributed by atoms with Crippen molar-refractivity contribution in [1.29, 1.82) is 0 Å². The summed E-state index contributed by atoms with van der Waals surface area (Å²) >= 11 is 7.36. The lowest BCUT2D eigenvalue weighted by atomic mass is 10.2. The maximum absolute atomic E-state index is 13.5. The first kappa shape index (κ1) is 19.6. The zero-order valence-corrected chi connectivity index (χ0v) is 17.0. The number of thioether (sulfide) groups is 1. The number of para-hydroxylation sites is 1. The molecule has 0 fully saturated rings. The molecule has 3 aromatic carbocycles. The van der Waals surface area contributed by atoms with Crippen LogP contribution in [0.5, 0.6) is 0 Å². The van der Waals surface area contributed by atoms with Crippen molar-refractivity contribution >= 4 is 45.9 Å². The van der Waals surface area contributed by atoms with Crippen LogP contribution in [0.4, 0.5) is 10.1 Å². The number of hydrogen-bond donors (Lipinski definition) is 1. The minimum absolute atomic E-state index is 0.0840. The summed E-state index contributed by atoms with van der Waals surface area (Å²) in [7, 11) is 0. The maximum Gasteiger partial charge on any atom is 0.234 e. The summed E-state index contributed by atoms with van der Waals surface area (Å²) in [5.74, 6) is -0.0388. The van der Waals surface area contributed by atoms with E-state index in [2.05, 4.69) is 9.88 Å². The molecule has 1 N–H and O–H groups in total. The number of aromatic nitrogens is 1. The third-order valence-corrected chi connectivity index (χ3v) is 5.78. The number of rotatable bonds is 6. The molecule has 0 saturated carbocycles. The molecule has 1 aromatic heterocycles. The number of fused-ring (bicyclic) bond motifs is 1. The molecule has 1 amide bonds. The fourth-order valence-electron chi connectivity index (χ4n) is 3.16. The Morgan fingerprint density at radius 1 is 1.03 bits per heavy atom. The molecule has 0 aliphatic heterocycles. The Bertz CT molecular complexity index is 1160. The van der Waals surface area contributed by atoms with Gasteiger partial charge in [-0.1, -0.05) is 41.9 Å². The summed E-state index contributed by atoms with van der Waals surface area (Å²) < 4.78 is 15.6. The van der Waals surface area contributed by atoms with Crippen LogP contribution < -0.4 is 5.32 Å². The van der Waals surface area contributed by atoms with E-state index in [0.717, 1.165) is 21.4 Å². The Kier molecular flexibility index (Phi) is 5.88. The topological polar surface area (TPSA) is 34.0 Å². The van der Waals surface area contributed by atoms with Crippen LogP contribution in [-0.2, 0) is 11.3 Å². The van der Waals surface area contributed by atoms with E-state index in [0.29, 0.717) is 17.3 Å². The third-order valence-electron chi connectivity index (χ3n) is 4.48. The minimum atomic E-state index is -0.243. The summed E-state index contributed by atoms with van der Waals surface area (Å²) in [6.07, 6.45) is 2.02. The molecular weight excluding hydrogens is 407 g/mol. The van der Waals surface area contributed by atoms with Gasteiger partial charge in [0.25, 0.3) is 0 Å². The second-order valence-corrected chi connectivity index (χ2v) is 8.07. The predicted molar refractivity (Wildman–Crippen MR) is 118 cm³/mol. The smallest absolute Gasteiger partial charge is 0.234 e. The summed E-state index contributed by atoms with van der Waals surface area (Å²) in [4.78, 5) is 13.3. The summed E-state index contributed by atoms with van der Waals surface area (Å²) in [5.41, 5.74) is 2.66. The number of amides is 1. The second kappa shape index (κ2) is 8.72. The first-order valence-corrected chi connectivity index (χ1v) is 10.5. The molecule has 1 heterocycles. The predicted octanol–water partition coefficient (Wildman–Crippen LogP) is 6.21. The van der Waals surface area contributed by atoms with Gasteiger partial charge in [0.1, 0.15) is 5.82 Å². The summed E-state index contributed by atoms with van der Waals surface area (Å²) in [6, 6.07) is 21.7. The minimum Gasteiger partial charge on any atom is -0.342 e. The van der Waals surface area contributed by atoms with E-state index in [1.165, 1.54) is 17.8 Å². The largest absolute Gasteiger partial charge is 0.342 e. The molecule has 3 nitrogen and oxygen atoms in total. The average Bonchev–Trinajstić information content (AvgIpc) is 3.06. The van der Waals surface area contributed by atoms with Crippen LogP contribution in [0, 0.1) is 5.82 Å². The van der Waals surface area contributed by atoms with Crippen molar-refractivity contribution in [2.45, 2.75) is 11.4 Å². The first-order chi connectivity index (χ1) is 14.1. The van der Waals surface area contributed by atoms with Crippen molar-refractivity contribution in [3.63, 3.8) is 0 Å². The van der Waals surface area contributed by atoms with Crippen LogP contribution in [-0.4, -0.2) is 16.2 Å². The van der Waals surface area contributed by atoms with Gasteiger partial charge in [-0.3, -0.25) is 4.79 Å². The second-order valence-electron chi connectivity index (χ2n) is 6.61. The zero-order valence-electron chi connectivity index (χ0n) is 15.4. The van der Waals surface area contributed by atoms with Crippen LogP contribution in [0.3, 0.4) is 0 Å². The number of hydrogen-bond acceptors (Lipinski definition) is 2. The van der Waals surface area contributed by atoms with Crippen LogP contribution >= 0.6 is 23.4 Å². The van der Waals surface area contributed by atoms with Crippen molar-refractivity contribution in [3.8, 4) is 0 Å². The highest BCUT2D eigenvalue weighted by Gasteiger charge is 2.11. The van der Waals surface area contributed by atoms with Gasteiger partial charge in [-0.15, -0.1) is 11.8 Å². The lowest BCUT2D eigenvalue weighted by Gasteiger charge is -2.05. The number of nitrogens with one attached hydrogen (secondary N) is 1. The molecule has 0 unspecified atom stereocenters. The Labute approximate surface area is 177 Å². The van der Waals surface area contributed by atoms with Crippen molar-refractivity contribution < 1.29 is 9.18 Å². The van der Waals surface area contributed by atoms with E-state index >= 15 is 0 Å². The number of nitrogens with zero attached hydrogens (tertiary/aromatic N) is 1. The van der Waals surface area contributed by atoms with E-state index < -0.39 is 0 Å². The van der Waals surface area contributed by atoms with Gasteiger partial charge in [0.15, 0.2) is 0 Å². The molecule has 0 aliphatic rings. The maximum atomic E-state index is 13.5. The molecule has 146 valence electrons. The monoisotopic (exact) mass is 424 g/mol. The van der Waals surface area contributed by atoms with Crippen molar-refractivity contribution in [2.75, 3.05) is 11.1 Å². The lowest BCUT2D eigenvalue weighted by Crippen LogP contribution is -2.13. The van der Waals surface area contributed by atoms with Gasteiger partial charge in [0, 0.05) is 39.3 Å². The first-order valence-electron chi connectivity index (χ1n) is 9.09. The van der Waals surface area contributed by atoms with Crippen molar-refractivity contribution in [1.82, 2.24) is 4.57 Å². The summed E-state index contributed by atoms with van der Waals surface area (Å²) in [6.45, 7) is 0.565. The van der Waals surface area contributed by atoms with E-state index in [1.807, 2.05) is 36.5 Å².